The van der Waals surface area contributed by atoms with Gasteiger partial charge in [0.05, 0.1) is 5.69 Å². The van der Waals surface area contributed by atoms with Gasteiger partial charge < -0.3 is 0 Å². The van der Waals surface area contributed by atoms with E-state index >= 15 is 0 Å². The van der Waals surface area contributed by atoms with Crippen LogP contribution in [0, 0.1) is 18.7 Å². The van der Waals surface area contributed by atoms with Crippen molar-refractivity contribution in [2.24, 2.45) is 5.92 Å². The van der Waals surface area contributed by atoms with E-state index in [-0.39, 0.29) is 5.82 Å². The first-order valence-electron chi connectivity index (χ1n) is 8.35. The molecule has 0 N–H and O–H groups in total. The van der Waals surface area contributed by atoms with Gasteiger partial charge in [-0.3, -0.25) is 4.98 Å². The van der Waals surface area contributed by atoms with Crippen molar-refractivity contribution < 1.29 is 4.39 Å². The van der Waals surface area contributed by atoms with Gasteiger partial charge in [0.15, 0.2) is 0 Å². The Morgan fingerprint density at radius 1 is 0.958 bits per heavy atom. The number of aromatic nitrogens is 1. The topological polar surface area (TPSA) is 12.9 Å². The molecule has 0 aliphatic heterocycles. The van der Waals surface area contributed by atoms with E-state index in [2.05, 4.69) is 44.0 Å². The van der Waals surface area contributed by atoms with Crippen molar-refractivity contribution in [3.8, 4) is 22.4 Å². The molecule has 0 spiro atoms. The lowest BCUT2D eigenvalue weighted by Gasteiger charge is -2.11. The Morgan fingerprint density at radius 3 is 2.46 bits per heavy atom. The van der Waals surface area contributed by atoms with E-state index < -0.39 is 0 Å². The number of hydrogen-bond acceptors (Lipinski definition) is 1. The highest BCUT2D eigenvalue weighted by Gasteiger charge is 2.09. The summed E-state index contributed by atoms with van der Waals surface area (Å²) in [5.41, 5.74) is 6.14. The Hall–Kier alpha value is -2.48. The van der Waals surface area contributed by atoms with Crippen LogP contribution in [0.1, 0.15) is 25.0 Å². The molecule has 1 heterocycles. The fourth-order valence-electron chi connectivity index (χ4n) is 2.97. The van der Waals surface area contributed by atoms with Gasteiger partial charge >= 0.3 is 0 Å². The molecule has 2 heteroatoms. The Balaban J connectivity index is 2.02. The standard InChI is InChI=1S/C22H22FN/c1-15(2)12-19-13-17(8-9-21(19)23)18-10-11-24-22(14-18)20-7-5-4-6-16(20)3/h4-11,13-15H,12H2,1-3H3. The summed E-state index contributed by atoms with van der Waals surface area (Å²) in [5, 5.41) is 0. The zero-order valence-corrected chi connectivity index (χ0v) is 14.4. The molecule has 0 saturated heterocycles. The summed E-state index contributed by atoms with van der Waals surface area (Å²) in [6.45, 7) is 6.30. The fourth-order valence-corrected chi connectivity index (χ4v) is 2.97. The van der Waals surface area contributed by atoms with Crippen molar-refractivity contribution in [3.63, 3.8) is 0 Å². The minimum absolute atomic E-state index is 0.124. The van der Waals surface area contributed by atoms with Gasteiger partial charge in [-0.1, -0.05) is 44.2 Å². The average molecular weight is 319 g/mol. The molecule has 0 fully saturated rings. The molecule has 1 nitrogen and oxygen atoms in total. The summed E-state index contributed by atoms with van der Waals surface area (Å²) >= 11 is 0. The van der Waals surface area contributed by atoms with Crippen LogP contribution in [0.5, 0.6) is 0 Å². The van der Waals surface area contributed by atoms with E-state index in [9.17, 15) is 4.39 Å². The number of hydrogen-bond donors (Lipinski definition) is 0. The van der Waals surface area contributed by atoms with Crippen molar-refractivity contribution in [3.05, 3.63) is 77.7 Å². The Kier molecular flexibility index (Phi) is 4.75. The smallest absolute Gasteiger partial charge is 0.126 e. The molecule has 122 valence electrons. The van der Waals surface area contributed by atoms with Crippen molar-refractivity contribution in [1.82, 2.24) is 4.98 Å². The molecule has 0 aliphatic carbocycles. The van der Waals surface area contributed by atoms with Crippen LogP contribution in [0.4, 0.5) is 4.39 Å². The van der Waals surface area contributed by atoms with E-state index in [1.807, 2.05) is 36.5 Å². The van der Waals surface area contributed by atoms with Crippen molar-refractivity contribution in [1.29, 1.82) is 0 Å². The molecule has 0 atom stereocenters. The van der Waals surface area contributed by atoms with Crippen LogP contribution >= 0.6 is 0 Å². The number of nitrogens with zero attached hydrogens (tertiary/aromatic N) is 1. The molecule has 0 saturated carbocycles. The minimum Gasteiger partial charge on any atom is -0.256 e. The lowest BCUT2D eigenvalue weighted by Crippen LogP contribution is -1.98. The molecule has 0 aliphatic rings. The lowest BCUT2D eigenvalue weighted by molar-refractivity contribution is 0.574. The van der Waals surface area contributed by atoms with Gasteiger partial charge in [-0.2, -0.15) is 0 Å². The van der Waals surface area contributed by atoms with Crippen molar-refractivity contribution >= 4 is 0 Å². The molecule has 0 radical (unpaired) electrons. The van der Waals surface area contributed by atoms with Gasteiger partial charge in [-0.25, -0.2) is 4.39 Å². The maximum Gasteiger partial charge on any atom is 0.126 e. The normalized spacial score (nSPS) is 11.0. The summed E-state index contributed by atoms with van der Waals surface area (Å²) in [6, 6.07) is 17.7. The third-order valence-corrected chi connectivity index (χ3v) is 4.19. The number of benzene rings is 2. The van der Waals surface area contributed by atoms with Crippen molar-refractivity contribution in [2.45, 2.75) is 27.2 Å². The predicted molar refractivity (Wildman–Crippen MR) is 98.3 cm³/mol. The number of pyridine rings is 1. The molecule has 2 aromatic carbocycles. The summed E-state index contributed by atoms with van der Waals surface area (Å²) < 4.78 is 14.0. The molecular weight excluding hydrogens is 297 g/mol. The van der Waals surface area contributed by atoms with Crippen LogP contribution in [0.25, 0.3) is 22.4 Å². The number of rotatable bonds is 4. The summed E-state index contributed by atoms with van der Waals surface area (Å²) in [4.78, 5) is 4.51. The predicted octanol–water partition coefficient (Wildman–Crippen LogP) is 6.06. The van der Waals surface area contributed by atoms with Gasteiger partial charge in [0.25, 0.3) is 0 Å². The van der Waals surface area contributed by atoms with Crippen LogP contribution in [0.3, 0.4) is 0 Å². The maximum atomic E-state index is 14.0. The average Bonchev–Trinajstić information content (AvgIpc) is 2.57. The van der Waals surface area contributed by atoms with Gasteiger partial charge in [-0.05, 0) is 65.8 Å². The molecule has 0 bridgehead atoms. The Morgan fingerprint density at radius 2 is 1.71 bits per heavy atom. The third kappa shape index (κ3) is 3.53. The van der Waals surface area contributed by atoms with E-state index in [0.29, 0.717) is 5.92 Å². The van der Waals surface area contributed by atoms with E-state index in [1.165, 1.54) is 5.56 Å². The first-order valence-corrected chi connectivity index (χ1v) is 8.35. The first-order chi connectivity index (χ1) is 11.5. The van der Waals surface area contributed by atoms with Crippen LogP contribution in [-0.4, -0.2) is 4.98 Å². The molecular formula is C22H22FN. The van der Waals surface area contributed by atoms with Gasteiger partial charge in [0.2, 0.25) is 0 Å². The summed E-state index contributed by atoms with van der Waals surface area (Å²) in [6.07, 6.45) is 2.57. The third-order valence-electron chi connectivity index (χ3n) is 4.19. The quantitative estimate of drug-likeness (QED) is 0.569. The Bertz CT molecular complexity index is 852. The second-order valence-electron chi connectivity index (χ2n) is 6.65. The van der Waals surface area contributed by atoms with Crippen LogP contribution in [-0.2, 0) is 6.42 Å². The fraction of sp³-hybridized carbons (Fsp3) is 0.227. The SMILES string of the molecule is Cc1ccccc1-c1cc(-c2ccc(F)c(CC(C)C)c2)ccn1. The van der Waals surface area contributed by atoms with Crippen molar-refractivity contribution in [2.75, 3.05) is 0 Å². The van der Waals surface area contributed by atoms with E-state index in [4.69, 9.17) is 0 Å². The molecule has 0 unspecified atom stereocenters. The van der Waals surface area contributed by atoms with E-state index in [1.54, 1.807) is 6.07 Å². The zero-order chi connectivity index (χ0) is 17.1. The van der Waals surface area contributed by atoms with Gasteiger partial charge in [0, 0.05) is 11.8 Å². The second kappa shape index (κ2) is 6.96. The lowest BCUT2D eigenvalue weighted by atomic mass is 9.96. The highest BCUT2D eigenvalue weighted by molar-refractivity contribution is 5.72. The highest BCUT2D eigenvalue weighted by Crippen LogP contribution is 2.28. The van der Waals surface area contributed by atoms with Crippen LogP contribution in [0.2, 0.25) is 0 Å². The molecule has 1 aromatic heterocycles. The van der Waals surface area contributed by atoms with Gasteiger partial charge in [0.1, 0.15) is 5.82 Å². The second-order valence-corrected chi connectivity index (χ2v) is 6.65. The van der Waals surface area contributed by atoms with Crippen LogP contribution < -0.4 is 0 Å². The minimum atomic E-state index is -0.124. The Labute approximate surface area is 143 Å². The maximum absolute atomic E-state index is 14.0. The highest BCUT2D eigenvalue weighted by atomic mass is 19.1. The largest absolute Gasteiger partial charge is 0.256 e. The molecule has 3 aromatic rings. The zero-order valence-electron chi connectivity index (χ0n) is 14.4. The number of halogens is 1. The number of aryl methyl sites for hydroxylation is 1. The van der Waals surface area contributed by atoms with E-state index in [0.717, 1.165) is 34.4 Å². The van der Waals surface area contributed by atoms with Gasteiger partial charge in [-0.15, -0.1) is 0 Å². The summed E-state index contributed by atoms with van der Waals surface area (Å²) in [5.74, 6) is 0.301. The first kappa shape index (κ1) is 16.4. The molecule has 24 heavy (non-hydrogen) atoms. The molecule has 3 rings (SSSR count). The summed E-state index contributed by atoms with van der Waals surface area (Å²) in [7, 11) is 0. The van der Waals surface area contributed by atoms with Crippen LogP contribution in [0.15, 0.2) is 60.8 Å². The molecule has 0 amide bonds. The monoisotopic (exact) mass is 319 g/mol.